The lowest BCUT2D eigenvalue weighted by Crippen LogP contribution is -2.66. The number of rotatable bonds is 4. The predicted molar refractivity (Wildman–Crippen MR) is 63.5 cm³/mol. The standard InChI is InChI=1S/C9H16F6N.CHF3O3S/c1-4-16(5-2,6-3)7(8(10,11)12)9(13,14)15;2-1(3,4)8(5,6)7/h7H,4-6H2,1-3H3;(H,5,6,7)/q+1;/p-1. The van der Waals surface area contributed by atoms with Crippen LogP contribution < -0.4 is 0 Å². The van der Waals surface area contributed by atoms with Crippen molar-refractivity contribution in [1.29, 1.82) is 0 Å². The first-order chi connectivity index (χ1) is 10.3. The van der Waals surface area contributed by atoms with Gasteiger partial charge in [0.25, 0.3) is 6.04 Å². The molecule has 0 saturated carbocycles. The van der Waals surface area contributed by atoms with Crippen LogP contribution in [0.5, 0.6) is 0 Å². The van der Waals surface area contributed by atoms with E-state index >= 15 is 0 Å². The molecule has 0 spiro atoms. The van der Waals surface area contributed by atoms with E-state index in [1.807, 2.05) is 0 Å². The summed E-state index contributed by atoms with van der Waals surface area (Å²) >= 11 is 0. The van der Waals surface area contributed by atoms with Gasteiger partial charge in [-0.25, -0.2) is 8.42 Å². The molecule has 4 nitrogen and oxygen atoms in total. The average molecular weight is 401 g/mol. The fourth-order valence-corrected chi connectivity index (χ4v) is 2.03. The van der Waals surface area contributed by atoms with Crippen molar-refractivity contribution < 1.29 is 57.0 Å². The molecule has 0 rings (SSSR count). The molecule has 14 heteroatoms. The van der Waals surface area contributed by atoms with Crippen molar-refractivity contribution in [3.8, 4) is 0 Å². The molecule has 0 aromatic rings. The van der Waals surface area contributed by atoms with Gasteiger partial charge < -0.3 is 9.04 Å². The molecule has 0 atom stereocenters. The molecule has 0 aliphatic rings. The lowest BCUT2D eigenvalue weighted by atomic mass is 10.1. The Labute approximate surface area is 132 Å². The number of alkyl halides is 9. The Bertz CT molecular complexity index is 455. The Balaban J connectivity index is 0. The van der Waals surface area contributed by atoms with Crippen molar-refractivity contribution >= 4 is 10.1 Å². The van der Waals surface area contributed by atoms with E-state index in [1.54, 1.807) is 0 Å². The molecule has 0 bridgehead atoms. The molecule has 0 aliphatic heterocycles. The molecule has 0 radical (unpaired) electrons. The lowest BCUT2D eigenvalue weighted by molar-refractivity contribution is -0.968. The van der Waals surface area contributed by atoms with Gasteiger partial charge in [-0.15, -0.1) is 0 Å². The highest BCUT2D eigenvalue weighted by molar-refractivity contribution is 7.86. The van der Waals surface area contributed by atoms with Crippen molar-refractivity contribution in [2.45, 2.75) is 44.7 Å². The second-order valence-electron chi connectivity index (χ2n) is 4.55. The minimum atomic E-state index is -6.09. The molecule has 0 aromatic heterocycles. The van der Waals surface area contributed by atoms with Gasteiger partial charge in [0.2, 0.25) is 0 Å². The van der Waals surface area contributed by atoms with Gasteiger partial charge in [-0.3, -0.25) is 0 Å². The van der Waals surface area contributed by atoms with Gasteiger partial charge in [0, 0.05) is 0 Å². The summed E-state index contributed by atoms with van der Waals surface area (Å²) in [7, 11) is -6.09. The third-order valence-electron chi connectivity index (χ3n) is 3.34. The monoisotopic (exact) mass is 401 g/mol. The van der Waals surface area contributed by atoms with Crippen molar-refractivity contribution in [2.24, 2.45) is 0 Å². The second-order valence-corrected chi connectivity index (χ2v) is 5.92. The molecule has 0 amide bonds. The maximum atomic E-state index is 12.5. The van der Waals surface area contributed by atoms with Crippen LogP contribution in [-0.4, -0.2) is 61.0 Å². The van der Waals surface area contributed by atoms with Crippen LogP contribution >= 0.6 is 0 Å². The van der Waals surface area contributed by atoms with Gasteiger partial charge in [0.1, 0.15) is 0 Å². The molecule has 0 aromatic carbocycles. The zero-order valence-corrected chi connectivity index (χ0v) is 13.5. The van der Waals surface area contributed by atoms with Crippen LogP contribution in [0.2, 0.25) is 0 Å². The summed E-state index contributed by atoms with van der Waals surface area (Å²) in [6, 6.07) is -3.29. The Hall–Kier alpha value is -0.760. The van der Waals surface area contributed by atoms with Crippen LogP contribution in [0.3, 0.4) is 0 Å². The van der Waals surface area contributed by atoms with E-state index < -0.39 is 38.5 Å². The maximum absolute atomic E-state index is 12.5. The Morgan fingerprint density at radius 3 is 1.04 bits per heavy atom. The maximum Gasteiger partial charge on any atom is 0.485 e. The summed E-state index contributed by atoms with van der Waals surface area (Å²) in [5.74, 6) is 0. The first-order valence-electron chi connectivity index (χ1n) is 6.31. The van der Waals surface area contributed by atoms with Crippen LogP contribution in [0, 0.1) is 0 Å². The van der Waals surface area contributed by atoms with Gasteiger partial charge in [0.05, 0.1) is 19.6 Å². The van der Waals surface area contributed by atoms with E-state index in [0.717, 1.165) is 0 Å². The highest BCUT2D eigenvalue weighted by Crippen LogP contribution is 2.40. The Morgan fingerprint density at radius 1 is 0.792 bits per heavy atom. The molecular formula is C10H16F9NO3S. The van der Waals surface area contributed by atoms with E-state index in [1.165, 1.54) is 20.8 Å². The summed E-state index contributed by atoms with van der Waals surface area (Å²) in [6.45, 7) is 3.44. The van der Waals surface area contributed by atoms with Crippen LogP contribution in [0.4, 0.5) is 39.5 Å². The minimum absolute atomic E-state index is 0.198. The second kappa shape index (κ2) is 8.08. The molecule has 0 N–H and O–H groups in total. The predicted octanol–water partition coefficient (Wildman–Crippen LogP) is 3.41. The van der Waals surface area contributed by atoms with Gasteiger partial charge >= 0.3 is 17.9 Å². The molecule has 148 valence electrons. The largest absolute Gasteiger partial charge is 0.741 e. The summed E-state index contributed by atoms with van der Waals surface area (Å²) < 4.78 is 133. The van der Waals surface area contributed by atoms with Crippen LogP contribution in [0.15, 0.2) is 0 Å². The topological polar surface area (TPSA) is 57.2 Å². The van der Waals surface area contributed by atoms with Crippen molar-refractivity contribution in [1.82, 2.24) is 0 Å². The smallest absolute Gasteiger partial charge is 0.485 e. The van der Waals surface area contributed by atoms with Gasteiger partial charge in [-0.1, -0.05) is 0 Å². The SMILES string of the molecule is CC[N+](CC)(CC)C(C(F)(F)F)C(F)(F)F.O=S(=O)([O-])C(F)(F)F. The van der Waals surface area contributed by atoms with Crippen LogP contribution in [0.25, 0.3) is 0 Å². The Kier molecular flexibility index (Phi) is 8.58. The number of nitrogens with zero attached hydrogens (tertiary/aromatic N) is 1. The highest BCUT2D eigenvalue weighted by atomic mass is 32.2. The molecule has 0 saturated heterocycles. The lowest BCUT2D eigenvalue weighted by Gasteiger charge is -2.43. The van der Waals surface area contributed by atoms with Gasteiger partial charge in [-0.05, 0) is 20.8 Å². The molecule has 0 unspecified atom stereocenters. The molecule has 24 heavy (non-hydrogen) atoms. The number of halogens is 9. The van der Waals surface area contributed by atoms with E-state index in [0.29, 0.717) is 0 Å². The zero-order chi connectivity index (χ0) is 20.2. The molecule has 0 aliphatic carbocycles. The minimum Gasteiger partial charge on any atom is -0.741 e. The first-order valence-corrected chi connectivity index (χ1v) is 7.72. The van der Waals surface area contributed by atoms with Gasteiger partial charge in [0.15, 0.2) is 10.1 Å². The van der Waals surface area contributed by atoms with Crippen molar-refractivity contribution in [3.63, 3.8) is 0 Å². The fraction of sp³-hybridized carbons (Fsp3) is 1.00. The molecule has 0 heterocycles. The first kappa shape index (κ1) is 25.5. The fourth-order valence-electron chi connectivity index (χ4n) is 2.03. The summed E-state index contributed by atoms with van der Waals surface area (Å²) in [6.07, 6.45) is -10.5. The Morgan fingerprint density at radius 2 is 1.00 bits per heavy atom. The normalized spacial score (nSPS) is 14.4. The van der Waals surface area contributed by atoms with Crippen molar-refractivity contribution in [2.75, 3.05) is 19.6 Å². The van der Waals surface area contributed by atoms with E-state index in [-0.39, 0.29) is 19.6 Å². The van der Waals surface area contributed by atoms with E-state index in [4.69, 9.17) is 13.0 Å². The summed E-state index contributed by atoms with van der Waals surface area (Å²) in [5.41, 5.74) is -5.65. The van der Waals surface area contributed by atoms with E-state index in [9.17, 15) is 39.5 Å². The average Bonchev–Trinajstić information content (AvgIpc) is 2.31. The number of quaternary nitrogens is 1. The van der Waals surface area contributed by atoms with Crippen LogP contribution in [-0.2, 0) is 10.1 Å². The number of hydrogen-bond acceptors (Lipinski definition) is 3. The van der Waals surface area contributed by atoms with Crippen LogP contribution in [0.1, 0.15) is 20.8 Å². The third-order valence-corrected chi connectivity index (χ3v) is 3.91. The highest BCUT2D eigenvalue weighted by Gasteiger charge is 2.66. The van der Waals surface area contributed by atoms with E-state index in [2.05, 4.69) is 0 Å². The van der Waals surface area contributed by atoms with Gasteiger partial charge in [-0.2, -0.15) is 39.5 Å². The zero-order valence-electron chi connectivity index (χ0n) is 12.7. The molecular weight excluding hydrogens is 385 g/mol. The summed E-state index contributed by atoms with van der Waals surface area (Å²) in [5, 5.41) is 0. The summed E-state index contributed by atoms with van der Waals surface area (Å²) in [4.78, 5) is 0. The molecule has 0 fully saturated rings. The third kappa shape index (κ3) is 7.01. The quantitative estimate of drug-likeness (QED) is 0.314. The van der Waals surface area contributed by atoms with Crippen molar-refractivity contribution in [3.05, 3.63) is 0 Å². The number of hydrogen-bond donors (Lipinski definition) is 0.